The minimum atomic E-state index is -0.150. The third-order valence-electron chi connectivity index (χ3n) is 3.45. The zero-order chi connectivity index (χ0) is 14.5. The van der Waals surface area contributed by atoms with Gasteiger partial charge in [0.2, 0.25) is 5.91 Å². The number of hydrogen-bond donors (Lipinski definition) is 2. The van der Waals surface area contributed by atoms with E-state index in [2.05, 4.69) is 10.3 Å². The van der Waals surface area contributed by atoms with E-state index in [4.69, 9.17) is 5.73 Å². The summed E-state index contributed by atoms with van der Waals surface area (Å²) in [4.78, 5) is 30.0. The molecule has 0 radical (unpaired) electrons. The molecule has 1 aromatic rings. The molecule has 3 N–H and O–H groups in total. The Morgan fingerprint density at radius 3 is 3.00 bits per heavy atom. The first-order valence-electron chi connectivity index (χ1n) is 6.87. The van der Waals surface area contributed by atoms with Crippen LogP contribution in [-0.2, 0) is 11.8 Å². The maximum absolute atomic E-state index is 12.3. The van der Waals surface area contributed by atoms with Crippen molar-refractivity contribution in [1.29, 1.82) is 0 Å². The number of rotatable bonds is 4. The van der Waals surface area contributed by atoms with Crippen molar-refractivity contribution in [2.45, 2.75) is 12.8 Å². The number of piperidine rings is 1. The number of amides is 2. The number of nitrogens with one attached hydrogen (secondary N) is 1. The molecule has 7 heteroatoms. The fraction of sp³-hybridized carbons (Fsp3) is 0.615. The first-order valence-corrected chi connectivity index (χ1v) is 6.87. The Morgan fingerprint density at radius 2 is 2.35 bits per heavy atom. The van der Waals surface area contributed by atoms with Gasteiger partial charge in [-0.2, -0.15) is 0 Å². The van der Waals surface area contributed by atoms with Crippen LogP contribution in [0.25, 0.3) is 0 Å². The summed E-state index contributed by atoms with van der Waals surface area (Å²) >= 11 is 0. The SMILES string of the molecule is Cn1cnc(C(=O)N2CCCC(C(=O)NCCN)C2)c1. The van der Waals surface area contributed by atoms with Gasteiger partial charge in [-0.05, 0) is 12.8 Å². The summed E-state index contributed by atoms with van der Waals surface area (Å²) in [5.74, 6) is -0.279. The molecule has 7 nitrogen and oxygen atoms in total. The molecule has 2 heterocycles. The van der Waals surface area contributed by atoms with Crippen LogP contribution in [0.4, 0.5) is 0 Å². The fourth-order valence-corrected chi connectivity index (χ4v) is 2.40. The Labute approximate surface area is 118 Å². The fourth-order valence-electron chi connectivity index (χ4n) is 2.40. The highest BCUT2D eigenvalue weighted by Crippen LogP contribution is 2.18. The maximum atomic E-state index is 12.3. The molecule has 0 bridgehead atoms. The van der Waals surface area contributed by atoms with Gasteiger partial charge in [0.15, 0.2) is 0 Å². The van der Waals surface area contributed by atoms with Crippen LogP contribution in [0, 0.1) is 5.92 Å². The third kappa shape index (κ3) is 3.36. The van der Waals surface area contributed by atoms with Crippen molar-refractivity contribution >= 4 is 11.8 Å². The number of likely N-dealkylation sites (tertiary alicyclic amines) is 1. The Balaban J connectivity index is 1.96. The number of carbonyl (C=O) groups is 2. The second kappa shape index (κ2) is 6.51. The van der Waals surface area contributed by atoms with Crippen LogP contribution in [-0.4, -0.2) is 52.4 Å². The number of hydrogen-bond acceptors (Lipinski definition) is 4. The quantitative estimate of drug-likeness (QED) is 0.765. The largest absolute Gasteiger partial charge is 0.355 e. The van der Waals surface area contributed by atoms with Crippen LogP contribution in [0.3, 0.4) is 0 Å². The summed E-state index contributed by atoms with van der Waals surface area (Å²) < 4.78 is 1.74. The first-order chi connectivity index (χ1) is 9.61. The lowest BCUT2D eigenvalue weighted by atomic mass is 9.97. The van der Waals surface area contributed by atoms with E-state index < -0.39 is 0 Å². The Morgan fingerprint density at radius 1 is 1.55 bits per heavy atom. The average molecular weight is 279 g/mol. The molecule has 1 aromatic heterocycles. The van der Waals surface area contributed by atoms with Crippen molar-refractivity contribution in [3.8, 4) is 0 Å². The molecule has 0 spiro atoms. The molecule has 1 aliphatic rings. The lowest BCUT2D eigenvalue weighted by Crippen LogP contribution is -2.46. The standard InChI is InChI=1S/C13H21N5O2/c1-17-8-11(16-9-17)13(20)18-6-2-3-10(7-18)12(19)15-5-4-14/h8-10H,2-7,14H2,1H3,(H,15,19). The van der Waals surface area contributed by atoms with E-state index in [0.717, 1.165) is 12.8 Å². The molecule has 1 atom stereocenters. The van der Waals surface area contributed by atoms with E-state index in [9.17, 15) is 9.59 Å². The van der Waals surface area contributed by atoms with Gasteiger partial charge in [-0.1, -0.05) is 0 Å². The van der Waals surface area contributed by atoms with Crippen molar-refractivity contribution in [3.63, 3.8) is 0 Å². The number of aromatic nitrogens is 2. The van der Waals surface area contributed by atoms with Crippen molar-refractivity contribution < 1.29 is 9.59 Å². The predicted molar refractivity (Wildman–Crippen MR) is 73.9 cm³/mol. The minimum Gasteiger partial charge on any atom is -0.355 e. The van der Waals surface area contributed by atoms with E-state index in [-0.39, 0.29) is 17.7 Å². The summed E-state index contributed by atoms with van der Waals surface area (Å²) in [6, 6.07) is 0. The number of imidazole rings is 1. The summed E-state index contributed by atoms with van der Waals surface area (Å²) in [6.45, 7) is 2.03. The van der Waals surface area contributed by atoms with Gasteiger partial charge in [-0.25, -0.2) is 4.98 Å². The molecule has 1 fully saturated rings. The van der Waals surface area contributed by atoms with Crippen LogP contribution in [0.5, 0.6) is 0 Å². The van der Waals surface area contributed by atoms with Crippen molar-refractivity contribution in [3.05, 3.63) is 18.2 Å². The number of aryl methyl sites for hydroxylation is 1. The molecule has 2 rings (SSSR count). The topological polar surface area (TPSA) is 93.2 Å². The summed E-state index contributed by atoms with van der Waals surface area (Å²) in [6.07, 6.45) is 4.94. The highest BCUT2D eigenvalue weighted by atomic mass is 16.2. The van der Waals surface area contributed by atoms with Crippen molar-refractivity contribution in [1.82, 2.24) is 19.8 Å². The molecule has 1 aliphatic heterocycles. The van der Waals surface area contributed by atoms with Gasteiger partial charge >= 0.3 is 0 Å². The van der Waals surface area contributed by atoms with E-state index in [1.165, 1.54) is 0 Å². The van der Waals surface area contributed by atoms with E-state index in [1.807, 2.05) is 7.05 Å². The summed E-state index contributed by atoms with van der Waals surface area (Å²) in [5.41, 5.74) is 5.80. The van der Waals surface area contributed by atoms with E-state index >= 15 is 0 Å². The normalized spacial score (nSPS) is 18.9. The van der Waals surface area contributed by atoms with Crippen LogP contribution in [0.15, 0.2) is 12.5 Å². The minimum absolute atomic E-state index is 0.0195. The zero-order valence-corrected chi connectivity index (χ0v) is 11.7. The van der Waals surface area contributed by atoms with Crippen LogP contribution in [0.1, 0.15) is 23.3 Å². The van der Waals surface area contributed by atoms with Crippen LogP contribution >= 0.6 is 0 Å². The van der Waals surface area contributed by atoms with Gasteiger partial charge < -0.3 is 20.5 Å². The molecule has 20 heavy (non-hydrogen) atoms. The summed E-state index contributed by atoms with van der Waals surface area (Å²) in [7, 11) is 1.82. The second-order valence-electron chi connectivity index (χ2n) is 5.09. The lowest BCUT2D eigenvalue weighted by molar-refractivity contribution is -0.126. The molecule has 1 unspecified atom stereocenters. The van der Waals surface area contributed by atoms with Crippen molar-refractivity contribution in [2.75, 3.05) is 26.2 Å². The van der Waals surface area contributed by atoms with Gasteiger partial charge in [-0.15, -0.1) is 0 Å². The molecule has 0 saturated carbocycles. The van der Waals surface area contributed by atoms with Gasteiger partial charge in [0.05, 0.1) is 12.2 Å². The lowest BCUT2D eigenvalue weighted by Gasteiger charge is -2.31. The Kier molecular flexibility index (Phi) is 4.73. The number of nitrogens with zero attached hydrogens (tertiary/aromatic N) is 3. The highest BCUT2D eigenvalue weighted by Gasteiger charge is 2.29. The first kappa shape index (κ1) is 14.5. The van der Waals surface area contributed by atoms with E-state index in [0.29, 0.717) is 31.9 Å². The molecule has 110 valence electrons. The monoisotopic (exact) mass is 279 g/mol. The third-order valence-corrected chi connectivity index (χ3v) is 3.45. The van der Waals surface area contributed by atoms with Gasteiger partial charge in [0.25, 0.3) is 5.91 Å². The molecule has 2 amide bonds. The van der Waals surface area contributed by atoms with Gasteiger partial charge in [-0.3, -0.25) is 9.59 Å². The van der Waals surface area contributed by atoms with E-state index in [1.54, 1.807) is 22.0 Å². The summed E-state index contributed by atoms with van der Waals surface area (Å²) in [5, 5.41) is 2.78. The smallest absolute Gasteiger partial charge is 0.274 e. The Bertz CT molecular complexity index is 485. The number of nitrogens with two attached hydrogens (primary N) is 1. The van der Waals surface area contributed by atoms with Gasteiger partial charge in [0.1, 0.15) is 5.69 Å². The van der Waals surface area contributed by atoms with Gasteiger partial charge in [0, 0.05) is 39.4 Å². The molecular weight excluding hydrogens is 258 g/mol. The molecular formula is C13H21N5O2. The van der Waals surface area contributed by atoms with Crippen LogP contribution < -0.4 is 11.1 Å². The molecule has 0 aromatic carbocycles. The zero-order valence-electron chi connectivity index (χ0n) is 11.7. The second-order valence-corrected chi connectivity index (χ2v) is 5.09. The molecule has 1 saturated heterocycles. The maximum Gasteiger partial charge on any atom is 0.274 e. The molecule has 0 aliphatic carbocycles. The number of carbonyl (C=O) groups excluding carboxylic acids is 2. The Hall–Kier alpha value is -1.89. The predicted octanol–water partition coefficient (Wildman–Crippen LogP) is -0.653. The average Bonchev–Trinajstić information content (AvgIpc) is 2.90. The highest BCUT2D eigenvalue weighted by molar-refractivity contribution is 5.92. The van der Waals surface area contributed by atoms with Crippen molar-refractivity contribution in [2.24, 2.45) is 18.7 Å². The van der Waals surface area contributed by atoms with Crippen LogP contribution in [0.2, 0.25) is 0 Å².